The molecule has 2 aromatic carbocycles. The molecule has 1 N–H and O–H groups in total. The van der Waals surface area contributed by atoms with E-state index in [0.29, 0.717) is 34.7 Å². The van der Waals surface area contributed by atoms with Gasteiger partial charge in [-0.15, -0.1) is 0 Å². The summed E-state index contributed by atoms with van der Waals surface area (Å²) in [5, 5.41) is 15.8. The number of nitriles is 1. The summed E-state index contributed by atoms with van der Waals surface area (Å²) < 4.78 is 6.92. The van der Waals surface area contributed by atoms with Gasteiger partial charge in [-0.3, -0.25) is 9.48 Å². The SMILES string of the molecule is Cc1nn(Cc2ccccc2)c(C)c1C(=O)OCC(=O)Nc1ccc(C#N)cc1. The van der Waals surface area contributed by atoms with Gasteiger partial charge < -0.3 is 10.1 Å². The van der Waals surface area contributed by atoms with Crippen molar-refractivity contribution in [1.29, 1.82) is 5.26 Å². The van der Waals surface area contributed by atoms with Crippen LogP contribution in [-0.2, 0) is 16.1 Å². The van der Waals surface area contributed by atoms with Crippen LogP contribution < -0.4 is 5.32 Å². The predicted octanol–water partition coefficient (Wildman–Crippen LogP) is 3.22. The first-order chi connectivity index (χ1) is 14.0. The van der Waals surface area contributed by atoms with Gasteiger partial charge in [0, 0.05) is 5.69 Å². The van der Waals surface area contributed by atoms with Crippen LogP contribution in [0.1, 0.15) is 32.9 Å². The summed E-state index contributed by atoms with van der Waals surface area (Å²) in [7, 11) is 0. The highest BCUT2D eigenvalue weighted by Crippen LogP contribution is 2.16. The molecule has 0 unspecified atom stereocenters. The third-order valence-electron chi connectivity index (χ3n) is 4.39. The largest absolute Gasteiger partial charge is 0.452 e. The van der Waals surface area contributed by atoms with E-state index in [-0.39, 0.29) is 0 Å². The number of amides is 1. The molecule has 0 aliphatic carbocycles. The zero-order valence-electron chi connectivity index (χ0n) is 16.2. The predicted molar refractivity (Wildman–Crippen MR) is 107 cm³/mol. The third kappa shape index (κ3) is 4.87. The van der Waals surface area contributed by atoms with Crippen molar-refractivity contribution in [3.8, 4) is 6.07 Å². The summed E-state index contributed by atoms with van der Waals surface area (Å²) >= 11 is 0. The number of nitrogens with zero attached hydrogens (tertiary/aromatic N) is 3. The molecule has 0 bridgehead atoms. The fraction of sp³-hybridized carbons (Fsp3) is 0.182. The molecule has 0 spiro atoms. The van der Waals surface area contributed by atoms with E-state index in [9.17, 15) is 9.59 Å². The Bertz CT molecular complexity index is 1060. The smallest absolute Gasteiger partial charge is 0.342 e. The summed E-state index contributed by atoms with van der Waals surface area (Å²) in [5.41, 5.74) is 3.69. The Morgan fingerprint density at radius 3 is 2.45 bits per heavy atom. The topological polar surface area (TPSA) is 97.0 Å². The summed E-state index contributed by atoms with van der Waals surface area (Å²) in [6.07, 6.45) is 0. The lowest BCUT2D eigenvalue weighted by molar-refractivity contribution is -0.119. The quantitative estimate of drug-likeness (QED) is 0.654. The Hall–Kier alpha value is -3.92. The van der Waals surface area contributed by atoms with Crippen LogP contribution >= 0.6 is 0 Å². The lowest BCUT2D eigenvalue weighted by Gasteiger charge is -2.08. The number of aromatic nitrogens is 2. The molecule has 0 saturated heterocycles. The fourth-order valence-electron chi connectivity index (χ4n) is 2.93. The molecule has 7 nitrogen and oxygen atoms in total. The second kappa shape index (κ2) is 8.85. The van der Waals surface area contributed by atoms with Gasteiger partial charge in [0.15, 0.2) is 6.61 Å². The van der Waals surface area contributed by atoms with Gasteiger partial charge in [0.25, 0.3) is 5.91 Å². The molecular weight excluding hydrogens is 368 g/mol. The van der Waals surface area contributed by atoms with Crippen molar-refractivity contribution < 1.29 is 14.3 Å². The van der Waals surface area contributed by atoms with Crippen molar-refractivity contribution >= 4 is 17.6 Å². The normalized spacial score (nSPS) is 10.2. The average Bonchev–Trinajstić information content (AvgIpc) is 3.00. The van der Waals surface area contributed by atoms with Crippen LogP contribution in [0.2, 0.25) is 0 Å². The zero-order chi connectivity index (χ0) is 20.8. The van der Waals surface area contributed by atoms with E-state index in [2.05, 4.69) is 10.4 Å². The number of esters is 1. The van der Waals surface area contributed by atoms with Crippen LogP contribution in [-0.4, -0.2) is 28.3 Å². The molecule has 3 rings (SSSR count). The maximum atomic E-state index is 12.5. The van der Waals surface area contributed by atoms with E-state index in [0.717, 1.165) is 5.56 Å². The number of ether oxygens (including phenoxy) is 1. The van der Waals surface area contributed by atoms with Crippen LogP contribution in [0.4, 0.5) is 5.69 Å². The molecule has 0 aliphatic heterocycles. The van der Waals surface area contributed by atoms with Crippen LogP contribution in [0.25, 0.3) is 0 Å². The van der Waals surface area contributed by atoms with Gasteiger partial charge in [0.2, 0.25) is 0 Å². The standard InChI is InChI=1S/C22H20N4O3/c1-15-21(16(2)26(25-15)13-18-6-4-3-5-7-18)22(28)29-14-20(27)24-19-10-8-17(12-23)9-11-19/h3-11H,13-14H2,1-2H3,(H,24,27). The molecule has 1 aromatic heterocycles. The van der Waals surface area contributed by atoms with Crippen molar-refractivity contribution in [3.05, 3.63) is 82.7 Å². The highest BCUT2D eigenvalue weighted by Gasteiger charge is 2.21. The molecule has 0 radical (unpaired) electrons. The molecule has 0 aliphatic rings. The molecule has 3 aromatic rings. The Morgan fingerprint density at radius 2 is 1.79 bits per heavy atom. The van der Waals surface area contributed by atoms with Crippen molar-refractivity contribution in [2.75, 3.05) is 11.9 Å². The van der Waals surface area contributed by atoms with E-state index in [1.807, 2.05) is 36.4 Å². The molecule has 7 heteroatoms. The summed E-state index contributed by atoms with van der Waals surface area (Å²) in [6.45, 7) is 3.67. The minimum absolute atomic E-state index is 0.368. The number of nitrogens with one attached hydrogen (secondary N) is 1. The third-order valence-corrected chi connectivity index (χ3v) is 4.39. The van der Waals surface area contributed by atoms with Crippen LogP contribution in [0.15, 0.2) is 54.6 Å². The second-order valence-corrected chi connectivity index (χ2v) is 6.50. The number of anilines is 1. The zero-order valence-corrected chi connectivity index (χ0v) is 16.2. The Kier molecular flexibility index (Phi) is 6.05. The van der Waals surface area contributed by atoms with Crippen molar-refractivity contribution in [3.63, 3.8) is 0 Å². The fourth-order valence-corrected chi connectivity index (χ4v) is 2.93. The van der Waals surface area contributed by atoms with E-state index in [1.54, 1.807) is 42.8 Å². The van der Waals surface area contributed by atoms with Crippen molar-refractivity contribution in [1.82, 2.24) is 9.78 Å². The van der Waals surface area contributed by atoms with Gasteiger partial charge in [-0.05, 0) is 43.7 Å². The highest BCUT2D eigenvalue weighted by atomic mass is 16.5. The first-order valence-electron chi connectivity index (χ1n) is 9.03. The highest BCUT2D eigenvalue weighted by molar-refractivity contribution is 5.96. The first-order valence-corrected chi connectivity index (χ1v) is 9.03. The number of carbonyl (C=O) groups excluding carboxylic acids is 2. The van der Waals surface area contributed by atoms with Gasteiger partial charge in [0.05, 0.1) is 29.6 Å². The number of benzene rings is 2. The van der Waals surface area contributed by atoms with Gasteiger partial charge in [-0.2, -0.15) is 10.4 Å². The average molecular weight is 388 g/mol. The van der Waals surface area contributed by atoms with E-state index in [4.69, 9.17) is 10.00 Å². The number of hydrogen-bond donors (Lipinski definition) is 1. The maximum absolute atomic E-state index is 12.5. The minimum atomic E-state index is -0.589. The molecule has 1 heterocycles. The minimum Gasteiger partial charge on any atom is -0.452 e. The Balaban J connectivity index is 1.61. The molecule has 0 saturated carbocycles. The van der Waals surface area contributed by atoms with Gasteiger partial charge >= 0.3 is 5.97 Å². The van der Waals surface area contributed by atoms with Gasteiger partial charge in [-0.25, -0.2) is 4.79 Å². The van der Waals surface area contributed by atoms with Crippen LogP contribution in [0.3, 0.4) is 0 Å². The Morgan fingerprint density at radius 1 is 1.10 bits per heavy atom. The first kappa shape index (κ1) is 19.8. The lowest BCUT2D eigenvalue weighted by atomic mass is 10.2. The Labute approximate surface area is 168 Å². The second-order valence-electron chi connectivity index (χ2n) is 6.50. The van der Waals surface area contributed by atoms with E-state index in [1.165, 1.54) is 0 Å². The number of rotatable bonds is 6. The van der Waals surface area contributed by atoms with Crippen molar-refractivity contribution in [2.45, 2.75) is 20.4 Å². The molecule has 146 valence electrons. The molecule has 0 atom stereocenters. The van der Waals surface area contributed by atoms with Gasteiger partial charge in [0.1, 0.15) is 5.56 Å². The molecule has 0 fully saturated rings. The number of carbonyl (C=O) groups is 2. The van der Waals surface area contributed by atoms with E-state index < -0.39 is 18.5 Å². The summed E-state index contributed by atoms with van der Waals surface area (Å²) in [5.74, 6) is -1.05. The van der Waals surface area contributed by atoms with Crippen LogP contribution in [0, 0.1) is 25.2 Å². The van der Waals surface area contributed by atoms with Crippen LogP contribution in [0.5, 0.6) is 0 Å². The number of aryl methyl sites for hydroxylation is 1. The monoisotopic (exact) mass is 388 g/mol. The van der Waals surface area contributed by atoms with Gasteiger partial charge in [-0.1, -0.05) is 30.3 Å². The molecular formula is C22H20N4O3. The maximum Gasteiger partial charge on any atom is 0.342 e. The number of hydrogen-bond acceptors (Lipinski definition) is 5. The lowest BCUT2D eigenvalue weighted by Crippen LogP contribution is -2.21. The molecule has 29 heavy (non-hydrogen) atoms. The summed E-state index contributed by atoms with van der Waals surface area (Å²) in [6, 6.07) is 18.2. The molecule has 1 amide bonds. The van der Waals surface area contributed by atoms with E-state index >= 15 is 0 Å². The summed E-state index contributed by atoms with van der Waals surface area (Å²) in [4.78, 5) is 24.5. The van der Waals surface area contributed by atoms with Crippen molar-refractivity contribution in [2.24, 2.45) is 0 Å².